The number of cyclic esters (lactones) is 1. The molecule has 7 nitrogen and oxygen atoms in total. The number of hydrogen-bond donors (Lipinski definition) is 1. The summed E-state index contributed by atoms with van der Waals surface area (Å²) in [5.41, 5.74) is 3.42. The number of aromatic amines is 1. The van der Waals surface area contributed by atoms with Crippen LogP contribution in [-0.4, -0.2) is 32.6 Å². The number of H-pyrrole nitrogens is 1. The number of hydrogen-bond acceptors (Lipinski definition) is 5. The lowest BCUT2D eigenvalue weighted by Crippen LogP contribution is -2.43. The number of nitrogens with one attached hydrogen (secondary N) is 1. The van der Waals surface area contributed by atoms with Crippen LogP contribution in [-0.2, 0) is 10.3 Å². The average molecular weight is 323 g/mol. The maximum Gasteiger partial charge on any atom is 0.415 e. The molecule has 7 heteroatoms. The summed E-state index contributed by atoms with van der Waals surface area (Å²) in [6.07, 6.45) is 4.57. The first-order valence-corrected chi connectivity index (χ1v) is 7.81. The number of anilines is 1. The van der Waals surface area contributed by atoms with Gasteiger partial charge in [-0.2, -0.15) is 0 Å². The highest BCUT2D eigenvalue weighted by Crippen LogP contribution is 2.40. The third kappa shape index (κ3) is 2.12. The molecular formula is C17H17N5O2. The SMILES string of the molecule is CCN1C(=O)OC(C)(C)c2cc3[nH]c(-c4cnccn4)nc3cc21. The first kappa shape index (κ1) is 14.6. The van der Waals surface area contributed by atoms with Crippen molar-refractivity contribution in [2.45, 2.75) is 26.4 Å². The number of rotatable bonds is 2. The second kappa shape index (κ2) is 5.02. The van der Waals surface area contributed by atoms with Crippen molar-refractivity contribution in [1.82, 2.24) is 19.9 Å². The Bertz CT molecular complexity index is 933. The van der Waals surface area contributed by atoms with Crippen molar-refractivity contribution in [3.63, 3.8) is 0 Å². The molecule has 0 spiro atoms. The molecule has 1 aliphatic heterocycles. The predicted molar refractivity (Wildman–Crippen MR) is 89.6 cm³/mol. The van der Waals surface area contributed by atoms with Gasteiger partial charge in [-0.05, 0) is 32.9 Å². The number of amides is 1. The van der Waals surface area contributed by atoms with Crippen LogP contribution in [0.25, 0.3) is 22.6 Å². The lowest BCUT2D eigenvalue weighted by atomic mass is 9.93. The van der Waals surface area contributed by atoms with Crippen molar-refractivity contribution in [3.8, 4) is 11.5 Å². The van der Waals surface area contributed by atoms with Crippen molar-refractivity contribution in [2.24, 2.45) is 0 Å². The molecule has 0 bridgehead atoms. The second-order valence-corrected chi connectivity index (χ2v) is 6.19. The fourth-order valence-electron chi connectivity index (χ4n) is 3.02. The summed E-state index contributed by atoms with van der Waals surface area (Å²) in [5, 5.41) is 0. The van der Waals surface area contributed by atoms with Gasteiger partial charge in [0.1, 0.15) is 11.3 Å². The highest BCUT2D eigenvalue weighted by atomic mass is 16.6. The quantitative estimate of drug-likeness (QED) is 0.782. The van der Waals surface area contributed by atoms with Gasteiger partial charge in [0.05, 0.1) is 22.9 Å². The number of carbonyl (C=O) groups is 1. The first-order chi connectivity index (χ1) is 11.5. The summed E-state index contributed by atoms with van der Waals surface area (Å²) in [6.45, 7) is 6.24. The summed E-state index contributed by atoms with van der Waals surface area (Å²) < 4.78 is 5.57. The smallest absolute Gasteiger partial charge is 0.415 e. The molecule has 1 amide bonds. The molecule has 1 aromatic carbocycles. The molecular weight excluding hydrogens is 306 g/mol. The molecule has 1 aliphatic rings. The van der Waals surface area contributed by atoms with E-state index in [0.29, 0.717) is 18.1 Å². The number of imidazole rings is 1. The van der Waals surface area contributed by atoms with E-state index in [0.717, 1.165) is 22.3 Å². The van der Waals surface area contributed by atoms with Gasteiger partial charge in [0.2, 0.25) is 0 Å². The minimum atomic E-state index is -0.690. The molecule has 24 heavy (non-hydrogen) atoms. The van der Waals surface area contributed by atoms with Crippen molar-refractivity contribution in [3.05, 3.63) is 36.3 Å². The van der Waals surface area contributed by atoms with Crippen LogP contribution in [0.5, 0.6) is 0 Å². The molecule has 0 fully saturated rings. The zero-order valence-electron chi connectivity index (χ0n) is 13.7. The molecule has 122 valence electrons. The monoisotopic (exact) mass is 323 g/mol. The van der Waals surface area contributed by atoms with Gasteiger partial charge >= 0.3 is 6.09 Å². The van der Waals surface area contributed by atoms with Crippen LogP contribution >= 0.6 is 0 Å². The Morgan fingerprint density at radius 1 is 1.29 bits per heavy atom. The first-order valence-electron chi connectivity index (χ1n) is 7.81. The Labute approximate surface area is 138 Å². The van der Waals surface area contributed by atoms with Crippen LogP contribution < -0.4 is 4.90 Å². The van der Waals surface area contributed by atoms with E-state index in [1.807, 2.05) is 32.9 Å². The van der Waals surface area contributed by atoms with Crippen molar-refractivity contribution in [2.75, 3.05) is 11.4 Å². The van der Waals surface area contributed by atoms with E-state index < -0.39 is 5.60 Å². The molecule has 4 rings (SSSR count). The summed E-state index contributed by atoms with van der Waals surface area (Å²) >= 11 is 0. The predicted octanol–water partition coefficient (Wildman–Crippen LogP) is 3.23. The van der Waals surface area contributed by atoms with Gasteiger partial charge in [-0.25, -0.2) is 14.8 Å². The summed E-state index contributed by atoms with van der Waals surface area (Å²) in [6, 6.07) is 3.92. The van der Waals surface area contributed by atoms with E-state index in [-0.39, 0.29) is 6.09 Å². The van der Waals surface area contributed by atoms with Gasteiger partial charge in [-0.1, -0.05) is 0 Å². The van der Waals surface area contributed by atoms with Crippen molar-refractivity contribution < 1.29 is 9.53 Å². The van der Waals surface area contributed by atoms with Gasteiger partial charge in [-0.3, -0.25) is 9.88 Å². The van der Waals surface area contributed by atoms with Crippen LogP contribution in [0.15, 0.2) is 30.7 Å². The fourth-order valence-corrected chi connectivity index (χ4v) is 3.02. The Morgan fingerprint density at radius 3 is 2.83 bits per heavy atom. The minimum absolute atomic E-state index is 0.334. The maximum atomic E-state index is 12.2. The Morgan fingerprint density at radius 2 is 2.12 bits per heavy atom. The zero-order valence-corrected chi connectivity index (χ0v) is 13.7. The summed E-state index contributed by atoms with van der Waals surface area (Å²) in [4.78, 5) is 30.1. The Kier molecular flexibility index (Phi) is 3.06. The molecule has 1 N–H and O–H groups in total. The van der Waals surface area contributed by atoms with Crippen LogP contribution in [0, 0.1) is 0 Å². The highest BCUT2D eigenvalue weighted by Gasteiger charge is 2.38. The number of carbonyl (C=O) groups excluding carboxylic acids is 1. The van der Waals surface area contributed by atoms with Crippen LogP contribution in [0.4, 0.5) is 10.5 Å². The minimum Gasteiger partial charge on any atom is -0.438 e. The summed E-state index contributed by atoms with van der Waals surface area (Å²) in [5.74, 6) is 0.647. The lowest BCUT2D eigenvalue weighted by molar-refractivity contribution is 0.0354. The highest BCUT2D eigenvalue weighted by molar-refractivity contribution is 5.95. The topological polar surface area (TPSA) is 84.0 Å². The molecule has 0 radical (unpaired) electrons. The van der Waals surface area contributed by atoms with Gasteiger partial charge in [-0.15, -0.1) is 0 Å². The van der Waals surface area contributed by atoms with Gasteiger partial charge in [0, 0.05) is 24.5 Å². The molecule has 3 heterocycles. The third-order valence-corrected chi connectivity index (χ3v) is 4.22. The number of aromatic nitrogens is 4. The molecule has 0 atom stereocenters. The molecule has 2 aromatic heterocycles. The lowest BCUT2D eigenvalue weighted by Gasteiger charge is -2.38. The number of nitrogens with zero attached hydrogens (tertiary/aromatic N) is 4. The third-order valence-electron chi connectivity index (χ3n) is 4.22. The standard InChI is InChI=1S/C17H17N5O2/c1-4-22-14-8-12-11(7-10(14)17(2,3)24-16(22)23)20-15(21-12)13-9-18-5-6-19-13/h5-9H,4H2,1-3H3,(H,20,21). The fraction of sp³-hybridized carbons (Fsp3) is 0.294. The normalized spacial score (nSPS) is 16.1. The van der Waals surface area contributed by atoms with E-state index in [1.54, 1.807) is 23.5 Å². The van der Waals surface area contributed by atoms with Gasteiger partial charge in [0.15, 0.2) is 5.82 Å². The van der Waals surface area contributed by atoms with E-state index in [9.17, 15) is 4.79 Å². The molecule has 0 saturated heterocycles. The van der Waals surface area contributed by atoms with E-state index >= 15 is 0 Å². The van der Waals surface area contributed by atoms with Gasteiger partial charge in [0.25, 0.3) is 0 Å². The largest absolute Gasteiger partial charge is 0.438 e. The molecule has 0 saturated carbocycles. The maximum absolute atomic E-state index is 12.2. The van der Waals surface area contributed by atoms with Gasteiger partial charge < -0.3 is 9.72 Å². The molecule has 3 aromatic rings. The van der Waals surface area contributed by atoms with Crippen LogP contribution in [0.2, 0.25) is 0 Å². The molecule has 0 aliphatic carbocycles. The molecule has 0 unspecified atom stereocenters. The number of benzene rings is 1. The Hall–Kier alpha value is -2.96. The summed E-state index contributed by atoms with van der Waals surface area (Å²) in [7, 11) is 0. The Balaban J connectivity index is 1.92. The average Bonchev–Trinajstić information content (AvgIpc) is 2.97. The van der Waals surface area contributed by atoms with E-state index in [2.05, 4.69) is 19.9 Å². The van der Waals surface area contributed by atoms with Crippen molar-refractivity contribution >= 4 is 22.8 Å². The van der Waals surface area contributed by atoms with Crippen LogP contribution in [0.1, 0.15) is 26.3 Å². The van der Waals surface area contributed by atoms with Crippen LogP contribution in [0.3, 0.4) is 0 Å². The van der Waals surface area contributed by atoms with E-state index in [1.165, 1.54) is 0 Å². The van der Waals surface area contributed by atoms with Crippen molar-refractivity contribution in [1.29, 1.82) is 0 Å². The van der Waals surface area contributed by atoms with E-state index in [4.69, 9.17) is 4.74 Å². The zero-order chi connectivity index (χ0) is 16.9. The number of ether oxygens (including phenoxy) is 1. The number of fused-ring (bicyclic) bond motifs is 2. The second-order valence-electron chi connectivity index (χ2n) is 6.19.